The zero-order valence-corrected chi connectivity index (χ0v) is 12.6. The maximum Gasteiger partial charge on any atom is 0.164 e. The summed E-state index contributed by atoms with van der Waals surface area (Å²) in [6.45, 7) is 4.79. The molecule has 2 aromatic rings. The average Bonchev–Trinajstić information content (AvgIpc) is 2.47. The molecule has 0 aromatic heterocycles. The van der Waals surface area contributed by atoms with Gasteiger partial charge in [-0.15, -0.1) is 0 Å². The number of ether oxygens (including phenoxy) is 2. The fraction of sp³-hybridized carbons (Fsp3) is 0.333. The van der Waals surface area contributed by atoms with E-state index in [9.17, 15) is 5.11 Å². The quantitative estimate of drug-likeness (QED) is 0.845. The lowest BCUT2D eigenvalue weighted by molar-refractivity contribution is 0.192. The Morgan fingerprint density at radius 1 is 1.00 bits per heavy atom. The van der Waals surface area contributed by atoms with Crippen LogP contribution in [0.25, 0.3) is 0 Å². The molecule has 112 valence electrons. The predicted octanol–water partition coefficient (Wildman–Crippen LogP) is 3.59. The van der Waals surface area contributed by atoms with Gasteiger partial charge in [-0.3, -0.25) is 0 Å². The molecule has 0 bridgehead atoms. The molecule has 3 nitrogen and oxygen atoms in total. The number of aliphatic hydroxyl groups excluding tert-OH is 1. The van der Waals surface area contributed by atoms with E-state index in [-0.39, 0.29) is 0 Å². The molecule has 0 fully saturated rings. The second-order valence-electron chi connectivity index (χ2n) is 5.00. The van der Waals surface area contributed by atoms with Gasteiger partial charge >= 0.3 is 0 Å². The van der Waals surface area contributed by atoms with Crippen LogP contribution in [0.5, 0.6) is 11.5 Å². The first kappa shape index (κ1) is 15.4. The van der Waals surface area contributed by atoms with Crippen molar-refractivity contribution in [1.29, 1.82) is 0 Å². The van der Waals surface area contributed by atoms with E-state index < -0.39 is 6.10 Å². The topological polar surface area (TPSA) is 38.7 Å². The minimum absolute atomic E-state index is 0.416. The molecule has 0 saturated carbocycles. The van der Waals surface area contributed by atoms with Crippen molar-refractivity contribution in [3.05, 3.63) is 59.7 Å². The van der Waals surface area contributed by atoms with Crippen LogP contribution in [0, 0.1) is 0 Å². The molecule has 1 atom stereocenters. The highest BCUT2D eigenvalue weighted by Gasteiger charge is 2.13. The van der Waals surface area contributed by atoms with Crippen molar-refractivity contribution in [1.82, 2.24) is 0 Å². The fourth-order valence-corrected chi connectivity index (χ4v) is 2.20. The Bertz CT molecular complexity index is 550. The van der Waals surface area contributed by atoms with Crippen LogP contribution in [0.15, 0.2) is 48.5 Å². The van der Waals surface area contributed by atoms with E-state index in [0.29, 0.717) is 19.6 Å². The highest BCUT2D eigenvalue weighted by molar-refractivity contribution is 5.47. The Balaban J connectivity index is 2.21. The normalized spacial score (nSPS) is 12.0. The second-order valence-corrected chi connectivity index (χ2v) is 5.00. The molecule has 3 heteroatoms. The average molecular weight is 286 g/mol. The fourth-order valence-electron chi connectivity index (χ4n) is 2.20. The number of para-hydroxylation sites is 1. The van der Waals surface area contributed by atoms with Gasteiger partial charge in [-0.1, -0.05) is 42.5 Å². The Morgan fingerprint density at radius 2 is 1.76 bits per heavy atom. The lowest BCUT2D eigenvalue weighted by Crippen LogP contribution is -2.08. The van der Waals surface area contributed by atoms with Gasteiger partial charge in [0.25, 0.3) is 0 Å². The Morgan fingerprint density at radius 3 is 2.43 bits per heavy atom. The second kappa shape index (κ2) is 7.70. The molecule has 1 N–H and O–H groups in total. The van der Waals surface area contributed by atoms with E-state index in [4.69, 9.17) is 9.47 Å². The van der Waals surface area contributed by atoms with Gasteiger partial charge in [0.2, 0.25) is 0 Å². The minimum atomic E-state index is -0.416. The summed E-state index contributed by atoms with van der Waals surface area (Å²) in [5.41, 5.74) is 2.07. The lowest BCUT2D eigenvalue weighted by Gasteiger charge is -2.17. The lowest BCUT2D eigenvalue weighted by atomic mass is 10.1. The summed E-state index contributed by atoms with van der Waals surface area (Å²) in [5, 5.41) is 9.64. The molecule has 0 aliphatic carbocycles. The summed E-state index contributed by atoms with van der Waals surface area (Å²) in [4.78, 5) is 0. The van der Waals surface area contributed by atoms with Crippen LogP contribution in [0.2, 0.25) is 0 Å². The Hall–Kier alpha value is -2.00. The molecule has 2 rings (SSSR count). The summed E-state index contributed by atoms with van der Waals surface area (Å²) in [5.74, 6) is 1.45. The summed E-state index contributed by atoms with van der Waals surface area (Å²) < 4.78 is 11.6. The number of aliphatic hydroxyl groups is 1. The molecule has 21 heavy (non-hydrogen) atoms. The van der Waals surface area contributed by atoms with Crippen molar-refractivity contribution < 1.29 is 14.6 Å². The zero-order chi connectivity index (χ0) is 15.1. The van der Waals surface area contributed by atoms with Gasteiger partial charge in [0.05, 0.1) is 12.7 Å². The highest BCUT2D eigenvalue weighted by atomic mass is 16.5. The first-order chi connectivity index (χ1) is 10.2. The van der Waals surface area contributed by atoms with Gasteiger partial charge in [-0.05, 0) is 25.5 Å². The van der Waals surface area contributed by atoms with Crippen molar-refractivity contribution in [2.45, 2.75) is 33.0 Å². The van der Waals surface area contributed by atoms with Gasteiger partial charge in [-0.25, -0.2) is 0 Å². The van der Waals surface area contributed by atoms with Crippen LogP contribution < -0.4 is 9.47 Å². The summed E-state index contributed by atoms with van der Waals surface area (Å²) in [7, 11) is 0. The van der Waals surface area contributed by atoms with Crippen LogP contribution in [-0.2, 0) is 13.0 Å². The van der Waals surface area contributed by atoms with Gasteiger partial charge in [0.1, 0.15) is 6.61 Å². The van der Waals surface area contributed by atoms with Crippen molar-refractivity contribution in [2.24, 2.45) is 0 Å². The summed E-state index contributed by atoms with van der Waals surface area (Å²) in [6, 6.07) is 15.8. The van der Waals surface area contributed by atoms with Gasteiger partial charge in [0.15, 0.2) is 11.5 Å². The largest absolute Gasteiger partial charge is 0.490 e. The monoisotopic (exact) mass is 286 g/mol. The van der Waals surface area contributed by atoms with Crippen molar-refractivity contribution in [3.63, 3.8) is 0 Å². The van der Waals surface area contributed by atoms with Crippen molar-refractivity contribution in [3.8, 4) is 11.5 Å². The molecule has 0 spiro atoms. The SMILES string of the molecule is CCOc1cccc(CC(C)O)c1OCc1ccccc1. The van der Waals surface area contributed by atoms with Crippen LogP contribution in [0.3, 0.4) is 0 Å². The van der Waals surface area contributed by atoms with Crippen molar-refractivity contribution >= 4 is 0 Å². The molecule has 0 amide bonds. The standard InChI is InChI=1S/C18H22O3/c1-3-20-17-11-7-10-16(12-14(2)19)18(17)21-13-15-8-5-4-6-9-15/h4-11,14,19H,3,12-13H2,1-2H3. The van der Waals surface area contributed by atoms with Crippen molar-refractivity contribution in [2.75, 3.05) is 6.61 Å². The first-order valence-electron chi connectivity index (χ1n) is 7.30. The van der Waals surface area contributed by atoms with E-state index in [1.807, 2.05) is 55.5 Å². The molecular formula is C18H22O3. The van der Waals surface area contributed by atoms with E-state index in [0.717, 1.165) is 22.6 Å². The van der Waals surface area contributed by atoms with Crippen LogP contribution in [0.1, 0.15) is 25.0 Å². The first-order valence-corrected chi connectivity index (χ1v) is 7.30. The van der Waals surface area contributed by atoms with Crippen LogP contribution in [0.4, 0.5) is 0 Å². The molecule has 0 heterocycles. The van der Waals surface area contributed by atoms with Gasteiger partial charge in [-0.2, -0.15) is 0 Å². The van der Waals surface area contributed by atoms with E-state index in [2.05, 4.69) is 0 Å². The van der Waals surface area contributed by atoms with E-state index in [1.165, 1.54) is 0 Å². The smallest absolute Gasteiger partial charge is 0.164 e. The third-order valence-electron chi connectivity index (χ3n) is 3.10. The summed E-state index contributed by atoms with van der Waals surface area (Å²) in [6.07, 6.45) is 0.131. The van der Waals surface area contributed by atoms with E-state index in [1.54, 1.807) is 6.92 Å². The minimum Gasteiger partial charge on any atom is -0.490 e. The summed E-state index contributed by atoms with van der Waals surface area (Å²) >= 11 is 0. The molecule has 0 saturated heterocycles. The maximum absolute atomic E-state index is 9.64. The third-order valence-corrected chi connectivity index (χ3v) is 3.10. The number of benzene rings is 2. The number of hydrogen-bond donors (Lipinski definition) is 1. The molecule has 0 aliphatic heterocycles. The zero-order valence-electron chi connectivity index (χ0n) is 12.6. The molecule has 2 aromatic carbocycles. The third kappa shape index (κ3) is 4.50. The Labute approximate surface area is 126 Å². The van der Waals surface area contributed by atoms with Gasteiger partial charge < -0.3 is 14.6 Å². The molecule has 0 radical (unpaired) electrons. The molecule has 0 aliphatic rings. The molecule has 1 unspecified atom stereocenters. The highest BCUT2D eigenvalue weighted by Crippen LogP contribution is 2.33. The Kier molecular flexibility index (Phi) is 5.64. The number of rotatable bonds is 7. The maximum atomic E-state index is 9.64. The predicted molar refractivity (Wildman–Crippen MR) is 83.8 cm³/mol. The number of hydrogen-bond acceptors (Lipinski definition) is 3. The van der Waals surface area contributed by atoms with Gasteiger partial charge in [0, 0.05) is 12.0 Å². The van der Waals surface area contributed by atoms with Crippen LogP contribution >= 0.6 is 0 Å². The van der Waals surface area contributed by atoms with Crippen LogP contribution in [-0.4, -0.2) is 17.8 Å². The van der Waals surface area contributed by atoms with E-state index >= 15 is 0 Å². The molecular weight excluding hydrogens is 264 g/mol.